The number of likely N-dealkylation sites (tertiary alicyclic amines) is 1. The van der Waals surface area contributed by atoms with Crippen LogP contribution in [-0.4, -0.2) is 116 Å². The molecule has 2 aliphatic rings. The summed E-state index contributed by atoms with van der Waals surface area (Å²) in [7, 11) is 0. The molecule has 2 saturated heterocycles. The van der Waals surface area contributed by atoms with Gasteiger partial charge >= 0.3 is 0 Å². The van der Waals surface area contributed by atoms with E-state index in [1.54, 1.807) is 0 Å². The van der Waals surface area contributed by atoms with Gasteiger partial charge in [-0.1, -0.05) is 0 Å². The van der Waals surface area contributed by atoms with Gasteiger partial charge in [0.25, 0.3) is 0 Å². The molecule has 0 aromatic rings. The molecular formula is C32H69N5O3. The van der Waals surface area contributed by atoms with Crippen molar-refractivity contribution >= 4 is 0 Å². The molecule has 0 amide bonds. The van der Waals surface area contributed by atoms with Crippen LogP contribution >= 0.6 is 0 Å². The fourth-order valence-electron chi connectivity index (χ4n) is 4.52. The van der Waals surface area contributed by atoms with Crippen molar-refractivity contribution in [2.75, 3.05) is 78.8 Å². The highest BCUT2D eigenvalue weighted by Crippen LogP contribution is 2.17. The predicted octanol–water partition coefficient (Wildman–Crippen LogP) is 4.99. The van der Waals surface area contributed by atoms with Gasteiger partial charge in [0.1, 0.15) is 6.73 Å². The molecule has 8 nitrogen and oxygen atoms in total. The van der Waals surface area contributed by atoms with Crippen molar-refractivity contribution in [1.29, 1.82) is 0 Å². The van der Waals surface area contributed by atoms with Crippen LogP contribution in [0.25, 0.3) is 0 Å². The summed E-state index contributed by atoms with van der Waals surface area (Å²) in [5.74, 6) is 0.846. The van der Waals surface area contributed by atoms with Crippen molar-refractivity contribution in [2.45, 2.75) is 125 Å². The minimum atomic E-state index is -0.0881. The van der Waals surface area contributed by atoms with Crippen LogP contribution in [0.2, 0.25) is 0 Å². The highest BCUT2D eigenvalue weighted by atomic mass is 16.5. The van der Waals surface area contributed by atoms with E-state index in [0.29, 0.717) is 6.73 Å². The molecule has 2 N–H and O–H groups in total. The van der Waals surface area contributed by atoms with E-state index in [-0.39, 0.29) is 22.3 Å². The first-order valence-corrected chi connectivity index (χ1v) is 15.9. The average Bonchev–Trinajstić information content (AvgIpc) is 3.01. The van der Waals surface area contributed by atoms with E-state index in [1.807, 2.05) is 0 Å². The smallest absolute Gasteiger partial charge is 0.110 e. The van der Waals surface area contributed by atoms with Gasteiger partial charge in [-0.2, -0.15) is 0 Å². The summed E-state index contributed by atoms with van der Waals surface area (Å²) >= 11 is 0. The first kappa shape index (κ1) is 37.7. The van der Waals surface area contributed by atoms with E-state index in [4.69, 9.17) is 14.2 Å². The maximum absolute atomic E-state index is 5.81. The van der Waals surface area contributed by atoms with E-state index in [1.165, 1.54) is 32.4 Å². The SMILES string of the molecule is CC(C)(C)NCC1CCN(CCOC(C)(C)C)CC1.CC(C)(C)OCCN1CCCN(NCOC(C)(C)C)CC1. The monoisotopic (exact) mass is 572 g/mol. The van der Waals surface area contributed by atoms with E-state index < -0.39 is 0 Å². The van der Waals surface area contributed by atoms with Crippen molar-refractivity contribution in [1.82, 2.24) is 25.6 Å². The molecule has 0 unspecified atom stereocenters. The lowest BCUT2D eigenvalue weighted by Gasteiger charge is -2.34. The van der Waals surface area contributed by atoms with Gasteiger partial charge in [-0.25, -0.2) is 10.4 Å². The zero-order chi connectivity index (χ0) is 30.5. The second kappa shape index (κ2) is 17.7. The summed E-state index contributed by atoms with van der Waals surface area (Å²) in [5, 5.41) is 5.90. The number of piperidine rings is 1. The van der Waals surface area contributed by atoms with Crippen molar-refractivity contribution < 1.29 is 14.2 Å². The molecule has 240 valence electrons. The summed E-state index contributed by atoms with van der Waals surface area (Å²) in [6.07, 6.45) is 3.81. The van der Waals surface area contributed by atoms with Gasteiger partial charge in [0.2, 0.25) is 0 Å². The van der Waals surface area contributed by atoms with Crippen molar-refractivity contribution in [3.05, 3.63) is 0 Å². The summed E-state index contributed by atoms with van der Waals surface area (Å²) in [6.45, 7) is 37.9. The largest absolute Gasteiger partial charge is 0.375 e. The van der Waals surface area contributed by atoms with Crippen LogP contribution in [0.4, 0.5) is 0 Å². The number of hydrogen-bond donors (Lipinski definition) is 2. The number of hydrogen-bond acceptors (Lipinski definition) is 8. The predicted molar refractivity (Wildman–Crippen MR) is 170 cm³/mol. The first-order chi connectivity index (χ1) is 18.3. The van der Waals surface area contributed by atoms with Gasteiger partial charge in [-0.15, -0.1) is 0 Å². The molecule has 8 heteroatoms. The second-order valence-corrected chi connectivity index (χ2v) is 15.6. The Bertz CT molecular complexity index is 613. The van der Waals surface area contributed by atoms with E-state index >= 15 is 0 Å². The van der Waals surface area contributed by atoms with Crippen LogP contribution in [0.15, 0.2) is 0 Å². The summed E-state index contributed by atoms with van der Waals surface area (Å²) < 4.78 is 17.3. The molecule has 0 aliphatic carbocycles. The van der Waals surface area contributed by atoms with Crippen LogP contribution in [0.3, 0.4) is 0 Å². The third-order valence-corrected chi connectivity index (χ3v) is 6.90. The van der Waals surface area contributed by atoms with Crippen molar-refractivity contribution in [3.63, 3.8) is 0 Å². The summed E-state index contributed by atoms with van der Waals surface area (Å²) in [5.41, 5.74) is 3.49. The number of rotatable bonds is 11. The van der Waals surface area contributed by atoms with Crippen LogP contribution < -0.4 is 10.7 Å². The highest BCUT2D eigenvalue weighted by molar-refractivity contribution is 4.78. The molecule has 0 spiro atoms. The molecule has 0 aromatic heterocycles. The Morgan fingerprint density at radius 3 is 1.57 bits per heavy atom. The van der Waals surface area contributed by atoms with Crippen LogP contribution in [0.5, 0.6) is 0 Å². The second-order valence-electron chi connectivity index (χ2n) is 15.6. The molecule has 40 heavy (non-hydrogen) atoms. The number of ether oxygens (including phenoxy) is 3. The summed E-state index contributed by atoms with van der Waals surface area (Å²) in [4.78, 5) is 5.03. The van der Waals surface area contributed by atoms with Gasteiger partial charge in [0, 0.05) is 38.3 Å². The Labute approximate surface area is 249 Å². The van der Waals surface area contributed by atoms with Crippen molar-refractivity contribution in [3.8, 4) is 0 Å². The van der Waals surface area contributed by atoms with Crippen molar-refractivity contribution in [2.24, 2.45) is 5.92 Å². The van der Waals surface area contributed by atoms with E-state index in [2.05, 4.69) is 109 Å². The van der Waals surface area contributed by atoms with Gasteiger partial charge in [-0.05, 0) is 134 Å². The minimum Gasteiger partial charge on any atom is -0.375 e. The quantitative estimate of drug-likeness (QED) is 0.337. The normalized spacial score (nSPS) is 19.8. The highest BCUT2D eigenvalue weighted by Gasteiger charge is 2.21. The van der Waals surface area contributed by atoms with Gasteiger partial charge in [-0.3, -0.25) is 4.90 Å². The Kier molecular flexibility index (Phi) is 16.7. The Hall–Kier alpha value is -0.320. The van der Waals surface area contributed by atoms with Gasteiger partial charge < -0.3 is 24.4 Å². The third kappa shape index (κ3) is 22.3. The number of nitrogens with zero attached hydrogens (tertiary/aromatic N) is 3. The zero-order valence-electron chi connectivity index (χ0n) is 28.8. The van der Waals surface area contributed by atoms with Crippen LogP contribution in [0, 0.1) is 5.92 Å². The molecule has 2 fully saturated rings. The number of hydrazine groups is 1. The fourth-order valence-corrected chi connectivity index (χ4v) is 4.52. The molecule has 2 rings (SSSR count). The lowest BCUT2D eigenvalue weighted by molar-refractivity contribution is -0.0421. The first-order valence-electron chi connectivity index (χ1n) is 15.9. The molecule has 0 radical (unpaired) electrons. The fraction of sp³-hybridized carbons (Fsp3) is 1.00. The Balaban J connectivity index is 0.000000402. The Morgan fingerprint density at radius 1 is 0.600 bits per heavy atom. The summed E-state index contributed by atoms with van der Waals surface area (Å²) in [6, 6.07) is 0. The average molecular weight is 572 g/mol. The molecule has 2 heterocycles. The van der Waals surface area contributed by atoms with E-state index in [9.17, 15) is 0 Å². The third-order valence-electron chi connectivity index (χ3n) is 6.90. The molecular weight excluding hydrogens is 502 g/mol. The number of nitrogens with one attached hydrogen (secondary N) is 2. The van der Waals surface area contributed by atoms with E-state index in [0.717, 1.165) is 64.9 Å². The topological polar surface area (TPSA) is 61.5 Å². The molecule has 0 saturated carbocycles. The van der Waals surface area contributed by atoms with Gasteiger partial charge in [0.05, 0.1) is 30.0 Å². The van der Waals surface area contributed by atoms with Crippen LogP contribution in [0.1, 0.15) is 102 Å². The minimum absolute atomic E-state index is 0.00501. The standard InChI is InChI=1S/C16H35N3O2.C16H34N2O/c1-15(2,3)20-13-12-18-8-7-9-19(11-10-18)17-14-21-16(4,5)6;1-15(2,3)17-13-14-7-9-18(10-8-14)11-12-19-16(4,5)6/h17H,7-14H2,1-6H3;14,17H,7-13H2,1-6H3. The van der Waals surface area contributed by atoms with Crippen LogP contribution in [-0.2, 0) is 14.2 Å². The molecule has 2 aliphatic heterocycles. The zero-order valence-corrected chi connectivity index (χ0v) is 28.8. The lowest BCUT2D eigenvalue weighted by atomic mass is 9.95. The van der Waals surface area contributed by atoms with Gasteiger partial charge in [0.15, 0.2) is 0 Å². The maximum atomic E-state index is 5.81. The Morgan fingerprint density at radius 2 is 1.10 bits per heavy atom. The molecule has 0 aromatic carbocycles. The molecule has 0 bridgehead atoms. The maximum Gasteiger partial charge on any atom is 0.110 e. The lowest BCUT2D eigenvalue weighted by Crippen LogP contribution is -2.43. The molecule has 0 atom stereocenters.